The number of benzene rings is 3. The van der Waals surface area contributed by atoms with E-state index in [1.54, 1.807) is 18.2 Å². The fourth-order valence-electron chi connectivity index (χ4n) is 3.64. The standard InChI is InChI=1S/C27H26N4O4S/c1-17-12-14-19(15-13-17)26-30-31-27(36-26)29-24(32)20(16-18-8-5-4-6-9-18)28-25(33)23-21(34-2)10-7-11-22(23)35-3/h4-15,20H,16H2,1-3H3,(H,28,33)(H,29,31,32). The molecule has 0 fully saturated rings. The van der Waals surface area contributed by atoms with Gasteiger partial charge in [0, 0.05) is 12.0 Å². The first-order valence-electron chi connectivity index (χ1n) is 11.3. The van der Waals surface area contributed by atoms with E-state index in [9.17, 15) is 9.59 Å². The first kappa shape index (κ1) is 24.9. The SMILES string of the molecule is COc1cccc(OC)c1C(=O)NC(Cc1ccccc1)C(=O)Nc1nnc(-c2ccc(C)cc2)s1. The van der Waals surface area contributed by atoms with Gasteiger partial charge in [0.25, 0.3) is 5.91 Å². The molecule has 2 amide bonds. The van der Waals surface area contributed by atoms with Gasteiger partial charge in [-0.15, -0.1) is 10.2 Å². The van der Waals surface area contributed by atoms with Gasteiger partial charge in [0.1, 0.15) is 28.1 Å². The fourth-order valence-corrected chi connectivity index (χ4v) is 4.40. The van der Waals surface area contributed by atoms with Crippen molar-refractivity contribution in [2.24, 2.45) is 0 Å². The summed E-state index contributed by atoms with van der Waals surface area (Å²) in [4.78, 5) is 26.6. The molecule has 4 aromatic rings. The molecule has 1 unspecified atom stereocenters. The number of anilines is 1. The van der Waals surface area contributed by atoms with Crippen molar-refractivity contribution < 1.29 is 19.1 Å². The van der Waals surface area contributed by atoms with Crippen molar-refractivity contribution in [3.05, 3.63) is 89.5 Å². The summed E-state index contributed by atoms with van der Waals surface area (Å²) < 4.78 is 10.7. The molecule has 184 valence electrons. The zero-order chi connectivity index (χ0) is 25.5. The van der Waals surface area contributed by atoms with Crippen LogP contribution in [0.5, 0.6) is 11.5 Å². The summed E-state index contributed by atoms with van der Waals surface area (Å²) in [5.74, 6) is -0.208. The molecule has 0 saturated carbocycles. The second kappa shape index (κ2) is 11.5. The quantitative estimate of drug-likeness (QED) is 0.349. The van der Waals surface area contributed by atoms with Gasteiger partial charge in [0.15, 0.2) is 0 Å². The minimum absolute atomic E-state index is 0.214. The number of rotatable bonds is 9. The number of amides is 2. The molecule has 0 bridgehead atoms. The van der Waals surface area contributed by atoms with Crippen LogP contribution < -0.4 is 20.1 Å². The Morgan fingerprint density at radius 3 is 2.19 bits per heavy atom. The lowest BCUT2D eigenvalue weighted by Crippen LogP contribution is -2.45. The third-order valence-electron chi connectivity index (χ3n) is 5.51. The Morgan fingerprint density at radius 1 is 0.889 bits per heavy atom. The van der Waals surface area contributed by atoms with Crippen LogP contribution in [-0.4, -0.2) is 42.3 Å². The van der Waals surface area contributed by atoms with Gasteiger partial charge in [-0.2, -0.15) is 0 Å². The average molecular weight is 503 g/mol. The molecule has 1 atom stereocenters. The van der Waals surface area contributed by atoms with Crippen LogP contribution in [0.3, 0.4) is 0 Å². The summed E-state index contributed by atoms with van der Waals surface area (Å²) in [5, 5.41) is 15.0. The highest BCUT2D eigenvalue weighted by atomic mass is 32.1. The van der Waals surface area contributed by atoms with Crippen LogP contribution in [0.4, 0.5) is 5.13 Å². The first-order chi connectivity index (χ1) is 17.5. The van der Waals surface area contributed by atoms with Crippen LogP contribution in [0.15, 0.2) is 72.8 Å². The van der Waals surface area contributed by atoms with Crippen molar-refractivity contribution in [3.8, 4) is 22.1 Å². The molecule has 0 aliphatic heterocycles. The predicted octanol–water partition coefficient (Wildman–Crippen LogP) is 4.51. The van der Waals surface area contributed by atoms with Gasteiger partial charge in [-0.05, 0) is 24.6 Å². The van der Waals surface area contributed by atoms with Crippen LogP contribution in [0.25, 0.3) is 10.6 Å². The van der Waals surface area contributed by atoms with Gasteiger partial charge in [-0.25, -0.2) is 0 Å². The van der Waals surface area contributed by atoms with Crippen molar-refractivity contribution in [3.63, 3.8) is 0 Å². The van der Waals surface area contributed by atoms with Crippen LogP contribution in [0.1, 0.15) is 21.5 Å². The van der Waals surface area contributed by atoms with Gasteiger partial charge >= 0.3 is 0 Å². The van der Waals surface area contributed by atoms with Crippen molar-refractivity contribution in [2.45, 2.75) is 19.4 Å². The third-order valence-corrected chi connectivity index (χ3v) is 6.40. The van der Waals surface area contributed by atoms with Gasteiger partial charge < -0.3 is 14.8 Å². The lowest BCUT2D eigenvalue weighted by molar-refractivity contribution is -0.118. The number of nitrogens with zero attached hydrogens (tertiary/aromatic N) is 2. The molecular weight excluding hydrogens is 476 g/mol. The molecule has 2 N–H and O–H groups in total. The number of hydrogen-bond donors (Lipinski definition) is 2. The van der Waals surface area contributed by atoms with Crippen molar-refractivity contribution >= 4 is 28.3 Å². The van der Waals surface area contributed by atoms with Gasteiger partial charge in [0.2, 0.25) is 11.0 Å². The highest BCUT2D eigenvalue weighted by Crippen LogP contribution is 2.29. The maximum atomic E-state index is 13.3. The van der Waals surface area contributed by atoms with Gasteiger partial charge in [-0.1, -0.05) is 77.6 Å². The highest BCUT2D eigenvalue weighted by Gasteiger charge is 2.26. The number of aryl methyl sites for hydroxylation is 1. The molecule has 1 aromatic heterocycles. The molecule has 0 spiro atoms. The molecule has 36 heavy (non-hydrogen) atoms. The van der Waals surface area contributed by atoms with Gasteiger partial charge in [0.05, 0.1) is 14.2 Å². The summed E-state index contributed by atoms with van der Waals surface area (Å²) in [6, 6.07) is 21.5. The predicted molar refractivity (Wildman–Crippen MR) is 140 cm³/mol. The van der Waals surface area contributed by atoms with Crippen LogP contribution in [0, 0.1) is 6.92 Å². The topological polar surface area (TPSA) is 102 Å². The number of methoxy groups -OCH3 is 2. The van der Waals surface area contributed by atoms with E-state index in [0.29, 0.717) is 21.6 Å². The molecule has 0 radical (unpaired) electrons. The average Bonchev–Trinajstić information content (AvgIpc) is 3.37. The van der Waals surface area contributed by atoms with Crippen LogP contribution >= 0.6 is 11.3 Å². The molecule has 0 aliphatic rings. The Bertz CT molecular complexity index is 1320. The van der Waals surface area contributed by atoms with E-state index in [0.717, 1.165) is 16.7 Å². The lowest BCUT2D eigenvalue weighted by atomic mass is 10.0. The Balaban J connectivity index is 1.57. The number of carbonyl (C=O) groups is 2. The summed E-state index contributed by atoms with van der Waals surface area (Å²) in [7, 11) is 2.95. The summed E-state index contributed by atoms with van der Waals surface area (Å²) in [6.45, 7) is 2.01. The van der Waals surface area contributed by atoms with Crippen LogP contribution in [-0.2, 0) is 11.2 Å². The summed E-state index contributed by atoms with van der Waals surface area (Å²) >= 11 is 1.26. The van der Waals surface area contributed by atoms with E-state index < -0.39 is 17.9 Å². The van der Waals surface area contributed by atoms with E-state index >= 15 is 0 Å². The minimum atomic E-state index is -0.888. The molecule has 9 heteroatoms. The molecule has 4 rings (SSSR count). The van der Waals surface area contributed by atoms with E-state index in [4.69, 9.17) is 9.47 Å². The van der Waals surface area contributed by atoms with Crippen molar-refractivity contribution in [1.82, 2.24) is 15.5 Å². The Kier molecular flexibility index (Phi) is 7.92. The number of nitrogens with one attached hydrogen (secondary N) is 2. The molecule has 0 saturated heterocycles. The largest absolute Gasteiger partial charge is 0.496 e. The molecule has 0 aliphatic carbocycles. The number of ether oxygens (including phenoxy) is 2. The van der Waals surface area contributed by atoms with E-state index in [2.05, 4.69) is 20.8 Å². The second-order valence-corrected chi connectivity index (χ2v) is 9.00. The molecule has 3 aromatic carbocycles. The smallest absolute Gasteiger partial charge is 0.259 e. The van der Waals surface area contributed by atoms with E-state index in [-0.39, 0.29) is 12.0 Å². The number of carbonyl (C=O) groups excluding carboxylic acids is 2. The normalized spacial score (nSPS) is 11.4. The first-order valence-corrected chi connectivity index (χ1v) is 12.1. The Labute approximate surface area is 213 Å². The summed E-state index contributed by atoms with van der Waals surface area (Å²) in [6.07, 6.45) is 0.277. The monoisotopic (exact) mass is 502 g/mol. The fraction of sp³-hybridized carbons (Fsp3) is 0.185. The zero-order valence-corrected chi connectivity index (χ0v) is 21.0. The maximum absolute atomic E-state index is 13.3. The van der Waals surface area contributed by atoms with Gasteiger partial charge in [-0.3, -0.25) is 14.9 Å². The molecule has 8 nitrogen and oxygen atoms in total. The van der Waals surface area contributed by atoms with Crippen molar-refractivity contribution in [2.75, 3.05) is 19.5 Å². The van der Waals surface area contributed by atoms with Crippen molar-refractivity contribution in [1.29, 1.82) is 0 Å². The number of hydrogen-bond acceptors (Lipinski definition) is 7. The Hall–Kier alpha value is -4.24. The molecular formula is C27H26N4O4S. The second-order valence-electron chi connectivity index (χ2n) is 8.02. The Morgan fingerprint density at radius 2 is 1.56 bits per heavy atom. The lowest BCUT2D eigenvalue weighted by Gasteiger charge is -2.19. The highest BCUT2D eigenvalue weighted by molar-refractivity contribution is 7.18. The van der Waals surface area contributed by atoms with Crippen LogP contribution in [0.2, 0.25) is 0 Å². The molecule has 1 heterocycles. The maximum Gasteiger partial charge on any atom is 0.259 e. The number of aromatic nitrogens is 2. The third kappa shape index (κ3) is 5.87. The minimum Gasteiger partial charge on any atom is -0.496 e. The summed E-state index contributed by atoms with van der Waals surface area (Å²) in [5.41, 5.74) is 3.16. The van der Waals surface area contributed by atoms with E-state index in [1.807, 2.05) is 61.5 Å². The van der Waals surface area contributed by atoms with E-state index in [1.165, 1.54) is 25.6 Å². The zero-order valence-electron chi connectivity index (χ0n) is 20.1.